The molecule has 0 aliphatic rings. The molecule has 0 saturated carbocycles. The predicted octanol–water partition coefficient (Wildman–Crippen LogP) is 3.73. The highest BCUT2D eigenvalue weighted by Gasteiger charge is 2.35. The molecule has 0 N–H and O–H groups in total. The highest BCUT2D eigenvalue weighted by Crippen LogP contribution is 2.31. The van der Waals surface area contributed by atoms with E-state index in [2.05, 4.69) is 24.0 Å². The summed E-state index contributed by atoms with van der Waals surface area (Å²) in [5.41, 5.74) is 1.38. The molecule has 1 aromatic carbocycles. The SMILES string of the molecule is CCOC(=O)C(C)(C)n1nc(-c2ccc(OCCCN(C)C)cc2)c2cccnc21. The average Bonchev–Trinajstić information content (AvgIpc) is 3.12. The maximum atomic E-state index is 12.5. The van der Waals surface area contributed by atoms with E-state index in [-0.39, 0.29) is 5.97 Å². The number of esters is 1. The van der Waals surface area contributed by atoms with Crippen LogP contribution in [0.15, 0.2) is 42.6 Å². The van der Waals surface area contributed by atoms with E-state index in [1.807, 2.05) is 36.4 Å². The van der Waals surface area contributed by atoms with Crippen LogP contribution in [0.4, 0.5) is 0 Å². The maximum absolute atomic E-state index is 12.5. The number of rotatable bonds is 9. The Bertz CT molecular complexity index is 993. The number of carbonyl (C=O) groups excluding carboxylic acids is 1. The number of fused-ring (bicyclic) bond motifs is 1. The lowest BCUT2D eigenvalue weighted by molar-refractivity contribution is -0.152. The van der Waals surface area contributed by atoms with Crippen LogP contribution >= 0.6 is 0 Å². The number of carbonyl (C=O) groups is 1. The molecule has 0 aliphatic heterocycles. The first-order valence-electron chi connectivity index (χ1n) is 10.2. The zero-order chi connectivity index (χ0) is 21.7. The van der Waals surface area contributed by atoms with Crippen LogP contribution in [0, 0.1) is 0 Å². The summed E-state index contributed by atoms with van der Waals surface area (Å²) >= 11 is 0. The van der Waals surface area contributed by atoms with E-state index in [0.717, 1.165) is 35.4 Å². The Morgan fingerprint density at radius 2 is 1.90 bits per heavy atom. The second-order valence-corrected chi connectivity index (χ2v) is 7.94. The van der Waals surface area contributed by atoms with E-state index in [4.69, 9.17) is 14.6 Å². The normalized spacial score (nSPS) is 11.8. The van der Waals surface area contributed by atoms with Crippen molar-refractivity contribution in [3.63, 3.8) is 0 Å². The van der Waals surface area contributed by atoms with Crippen molar-refractivity contribution in [2.45, 2.75) is 32.7 Å². The van der Waals surface area contributed by atoms with Crippen LogP contribution in [0.2, 0.25) is 0 Å². The van der Waals surface area contributed by atoms with Crippen molar-refractivity contribution >= 4 is 17.0 Å². The van der Waals surface area contributed by atoms with Gasteiger partial charge in [-0.25, -0.2) is 14.5 Å². The molecule has 3 rings (SSSR count). The van der Waals surface area contributed by atoms with Gasteiger partial charge in [0.25, 0.3) is 0 Å². The van der Waals surface area contributed by atoms with Gasteiger partial charge in [-0.05, 0) is 77.7 Å². The first-order valence-corrected chi connectivity index (χ1v) is 10.2. The minimum atomic E-state index is -0.976. The summed E-state index contributed by atoms with van der Waals surface area (Å²) < 4.78 is 12.7. The Hall–Kier alpha value is -2.93. The molecule has 0 atom stereocenters. The molecule has 3 aromatic rings. The third-order valence-corrected chi connectivity index (χ3v) is 4.89. The summed E-state index contributed by atoms with van der Waals surface area (Å²) in [6.45, 7) is 7.36. The zero-order valence-corrected chi connectivity index (χ0v) is 18.4. The van der Waals surface area contributed by atoms with Gasteiger partial charge in [0.1, 0.15) is 11.4 Å². The summed E-state index contributed by atoms with van der Waals surface area (Å²) in [6.07, 6.45) is 2.68. The lowest BCUT2D eigenvalue weighted by Gasteiger charge is -2.23. The Kier molecular flexibility index (Phi) is 6.72. The molecule has 0 unspecified atom stereocenters. The minimum Gasteiger partial charge on any atom is -0.494 e. The molecule has 0 fully saturated rings. The lowest BCUT2D eigenvalue weighted by Crippen LogP contribution is -2.38. The molecule has 7 nitrogen and oxygen atoms in total. The number of benzene rings is 1. The van der Waals surface area contributed by atoms with Crippen molar-refractivity contribution in [2.24, 2.45) is 0 Å². The standard InChI is InChI=1S/C23H30N4O3/c1-6-29-22(28)23(2,3)27-21-19(9-7-14-24-21)20(25-27)17-10-12-18(13-11-17)30-16-8-15-26(4)5/h7,9-14H,6,8,15-16H2,1-5H3. The summed E-state index contributed by atoms with van der Waals surface area (Å²) in [4.78, 5) is 19.2. The van der Waals surface area contributed by atoms with Crippen molar-refractivity contribution in [3.8, 4) is 17.0 Å². The van der Waals surface area contributed by atoms with Gasteiger partial charge >= 0.3 is 5.97 Å². The Labute approximate surface area is 177 Å². The first-order chi connectivity index (χ1) is 14.3. The van der Waals surface area contributed by atoms with Crippen LogP contribution in [-0.4, -0.2) is 59.5 Å². The highest BCUT2D eigenvalue weighted by molar-refractivity contribution is 5.92. The van der Waals surface area contributed by atoms with Gasteiger partial charge < -0.3 is 14.4 Å². The molecular formula is C23H30N4O3. The predicted molar refractivity (Wildman–Crippen MR) is 118 cm³/mol. The molecule has 0 aliphatic carbocycles. The molecule has 0 spiro atoms. The van der Waals surface area contributed by atoms with Crippen LogP contribution in [-0.2, 0) is 15.1 Å². The van der Waals surface area contributed by atoms with Crippen LogP contribution in [0.5, 0.6) is 5.75 Å². The van der Waals surface area contributed by atoms with Crippen LogP contribution in [0.1, 0.15) is 27.2 Å². The Morgan fingerprint density at radius 1 is 1.17 bits per heavy atom. The van der Waals surface area contributed by atoms with Crippen molar-refractivity contribution in [1.29, 1.82) is 0 Å². The third kappa shape index (κ3) is 4.62. The largest absolute Gasteiger partial charge is 0.494 e. The number of aromatic nitrogens is 3. The van der Waals surface area contributed by atoms with Gasteiger partial charge in [-0.3, -0.25) is 0 Å². The van der Waals surface area contributed by atoms with Gasteiger partial charge in [0.05, 0.1) is 13.2 Å². The molecule has 0 saturated heterocycles. The lowest BCUT2D eigenvalue weighted by atomic mass is 10.1. The van der Waals surface area contributed by atoms with Gasteiger partial charge in [-0.15, -0.1) is 0 Å². The van der Waals surface area contributed by atoms with Gasteiger partial charge in [0.15, 0.2) is 11.2 Å². The van der Waals surface area contributed by atoms with Crippen molar-refractivity contribution in [1.82, 2.24) is 19.7 Å². The van der Waals surface area contributed by atoms with Crippen LogP contribution < -0.4 is 4.74 Å². The highest BCUT2D eigenvalue weighted by atomic mass is 16.5. The van der Waals surface area contributed by atoms with E-state index in [1.54, 1.807) is 31.6 Å². The fourth-order valence-electron chi connectivity index (χ4n) is 3.23. The Balaban J connectivity index is 1.89. The third-order valence-electron chi connectivity index (χ3n) is 4.89. The Morgan fingerprint density at radius 3 is 2.57 bits per heavy atom. The number of hydrogen-bond acceptors (Lipinski definition) is 6. The average molecular weight is 411 g/mol. The quantitative estimate of drug-likeness (QED) is 0.395. The molecule has 2 heterocycles. The minimum absolute atomic E-state index is 0.317. The van der Waals surface area contributed by atoms with Crippen molar-refractivity contribution in [3.05, 3.63) is 42.6 Å². The molecule has 160 valence electrons. The van der Waals surface area contributed by atoms with Crippen LogP contribution in [0.3, 0.4) is 0 Å². The topological polar surface area (TPSA) is 69.5 Å². The molecule has 7 heteroatoms. The fourth-order valence-corrected chi connectivity index (χ4v) is 3.23. The molecule has 0 amide bonds. The van der Waals surface area contributed by atoms with Gasteiger partial charge in [-0.2, -0.15) is 5.10 Å². The first kappa shape index (κ1) is 21.8. The van der Waals surface area contributed by atoms with E-state index in [0.29, 0.717) is 18.9 Å². The number of nitrogens with zero attached hydrogens (tertiary/aromatic N) is 4. The van der Waals surface area contributed by atoms with Gasteiger partial charge in [0.2, 0.25) is 0 Å². The maximum Gasteiger partial charge on any atom is 0.333 e. The summed E-state index contributed by atoms with van der Waals surface area (Å²) in [5, 5.41) is 5.65. The molecule has 0 bridgehead atoms. The van der Waals surface area contributed by atoms with Crippen LogP contribution in [0.25, 0.3) is 22.3 Å². The molecule has 0 radical (unpaired) electrons. The van der Waals surface area contributed by atoms with Crippen molar-refractivity contribution in [2.75, 3.05) is 33.9 Å². The van der Waals surface area contributed by atoms with E-state index >= 15 is 0 Å². The number of ether oxygens (including phenoxy) is 2. The zero-order valence-electron chi connectivity index (χ0n) is 18.4. The second kappa shape index (κ2) is 9.26. The van der Waals surface area contributed by atoms with Gasteiger partial charge in [-0.1, -0.05) is 0 Å². The fraction of sp³-hybridized carbons (Fsp3) is 0.435. The van der Waals surface area contributed by atoms with E-state index in [9.17, 15) is 4.79 Å². The molecule has 30 heavy (non-hydrogen) atoms. The summed E-state index contributed by atoms with van der Waals surface area (Å²) in [6, 6.07) is 11.7. The van der Waals surface area contributed by atoms with E-state index < -0.39 is 5.54 Å². The number of pyridine rings is 1. The summed E-state index contributed by atoms with van der Waals surface area (Å²) in [5.74, 6) is 0.485. The van der Waals surface area contributed by atoms with Crippen molar-refractivity contribution < 1.29 is 14.3 Å². The molecular weight excluding hydrogens is 380 g/mol. The van der Waals surface area contributed by atoms with E-state index in [1.165, 1.54) is 0 Å². The summed E-state index contributed by atoms with van der Waals surface area (Å²) in [7, 11) is 4.10. The van der Waals surface area contributed by atoms with Gasteiger partial charge in [0, 0.05) is 23.7 Å². The smallest absolute Gasteiger partial charge is 0.333 e. The second-order valence-electron chi connectivity index (χ2n) is 7.94. The molecule has 2 aromatic heterocycles. The number of hydrogen-bond donors (Lipinski definition) is 0. The monoisotopic (exact) mass is 410 g/mol.